The molecule has 18 heavy (non-hydrogen) atoms. The van der Waals surface area contributed by atoms with Gasteiger partial charge in [-0.2, -0.15) is 16.7 Å². The number of nitrogens with zero attached hydrogens (tertiary/aromatic N) is 2. The Hall–Kier alpha value is -1.01. The standard InChI is InChI=1S/C12H18N4S2/c1-4-8(6-17-3)14-10-9-5-7(2)18-11(9)16-12(13)15-10/h5,8H,4,6H2,1-3H3,(H3,13,14,15,16). The van der Waals surface area contributed by atoms with Crippen LogP contribution in [-0.4, -0.2) is 28.0 Å². The van der Waals surface area contributed by atoms with Crippen LogP contribution in [0.1, 0.15) is 18.2 Å². The van der Waals surface area contributed by atoms with Crippen molar-refractivity contribution in [2.24, 2.45) is 0 Å². The second-order valence-corrected chi connectivity index (χ2v) is 6.36. The zero-order chi connectivity index (χ0) is 13.1. The second-order valence-electron chi connectivity index (χ2n) is 4.21. The maximum atomic E-state index is 5.76. The third-order valence-electron chi connectivity index (χ3n) is 2.73. The van der Waals surface area contributed by atoms with Crippen LogP contribution in [0.25, 0.3) is 10.2 Å². The van der Waals surface area contributed by atoms with Crippen molar-refractivity contribution in [3.63, 3.8) is 0 Å². The third kappa shape index (κ3) is 2.87. The first-order valence-corrected chi connectivity index (χ1v) is 8.14. The molecule has 6 heteroatoms. The molecule has 0 bridgehead atoms. The Kier molecular flexibility index (Phi) is 4.29. The molecule has 0 aliphatic carbocycles. The summed E-state index contributed by atoms with van der Waals surface area (Å²) < 4.78 is 0. The van der Waals surface area contributed by atoms with Crippen molar-refractivity contribution in [1.29, 1.82) is 0 Å². The van der Waals surface area contributed by atoms with Crippen molar-refractivity contribution < 1.29 is 0 Å². The summed E-state index contributed by atoms with van der Waals surface area (Å²) >= 11 is 3.49. The van der Waals surface area contributed by atoms with Crippen LogP contribution in [-0.2, 0) is 0 Å². The fourth-order valence-electron chi connectivity index (χ4n) is 1.82. The molecule has 0 saturated heterocycles. The fraction of sp³-hybridized carbons (Fsp3) is 0.500. The van der Waals surface area contributed by atoms with Crippen LogP contribution in [0.15, 0.2) is 6.07 Å². The van der Waals surface area contributed by atoms with Gasteiger partial charge in [-0.3, -0.25) is 0 Å². The van der Waals surface area contributed by atoms with E-state index in [1.807, 2.05) is 11.8 Å². The lowest BCUT2D eigenvalue weighted by molar-refractivity contribution is 0.771. The minimum atomic E-state index is 0.339. The molecular weight excluding hydrogens is 264 g/mol. The molecule has 0 amide bonds. The highest BCUT2D eigenvalue weighted by molar-refractivity contribution is 7.98. The van der Waals surface area contributed by atoms with Gasteiger partial charge in [-0.15, -0.1) is 11.3 Å². The molecule has 0 spiro atoms. The molecule has 2 aromatic heterocycles. The normalized spacial score (nSPS) is 12.8. The zero-order valence-corrected chi connectivity index (χ0v) is 12.5. The van der Waals surface area contributed by atoms with Gasteiger partial charge >= 0.3 is 0 Å². The van der Waals surface area contributed by atoms with E-state index in [4.69, 9.17) is 5.73 Å². The van der Waals surface area contributed by atoms with Crippen molar-refractivity contribution >= 4 is 45.1 Å². The summed E-state index contributed by atoms with van der Waals surface area (Å²) in [6, 6.07) is 2.53. The minimum Gasteiger partial charge on any atom is -0.368 e. The molecule has 2 aromatic rings. The maximum absolute atomic E-state index is 5.76. The molecular formula is C12H18N4S2. The average molecular weight is 282 g/mol. The molecule has 3 N–H and O–H groups in total. The van der Waals surface area contributed by atoms with Crippen molar-refractivity contribution in [2.75, 3.05) is 23.1 Å². The summed E-state index contributed by atoms with van der Waals surface area (Å²) in [5, 5.41) is 4.56. The van der Waals surface area contributed by atoms with E-state index >= 15 is 0 Å². The molecule has 2 rings (SSSR count). The molecule has 0 aliphatic heterocycles. The number of hydrogen-bond acceptors (Lipinski definition) is 6. The van der Waals surface area contributed by atoms with Gasteiger partial charge in [0.2, 0.25) is 5.95 Å². The largest absolute Gasteiger partial charge is 0.368 e. The number of nitrogens with two attached hydrogens (primary N) is 1. The highest BCUT2D eigenvalue weighted by Crippen LogP contribution is 2.29. The van der Waals surface area contributed by atoms with E-state index in [1.165, 1.54) is 4.88 Å². The lowest BCUT2D eigenvalue weighted by Crippen LogP contribution is -2.22. The van der Waals surface area contributed by atoms with Crippen LogP contribution in [0.4, 0.5) is 11.8 Å². The van der Waals surface area contributed by atoms with Crippen molar-refractivity contribution in [1.82, 2.24) is 9.97 Å². The minimum absolute atomic E-state index is 0.339. The smallest absolute Gasteiger partial charge is 0.223 e. The average Bonchev–Trinajstić information content (AvgIpc) is 2.68. The van der Waals surface area contributed by atoms with Crippen LogP contribution < -0.4 is 11.1 Å². The van der Waals surface area contributed by atoms with Gasteiger partial charge in [-0.25, -0.2) is 4.98 Å². The third-order valence-corrected chi connectivity index (χ3v) is 4.41. The van der Waals surface area contributed by atoms with Crippen LogP contribution in [0.3, 0.4) is 0 Å². The summed E-state index contributed by atoms with van der Waals surface area (Å²) in [6.45, 7) is 4.25. The van der Waals surface area contributed by atoms with Gasteiger partial charge in [0.1, 0.15) is 10.6 Å². The van der Waals surface area contributed by atoms with Crippen LogP contribution in [0.5, 0.6) is 0 Å². The molecule has 98 valence electrons. The Morgan fingerprint density at radius 1 is 1.50 bits per heavy atom. The summed E-state index contributed by atoms with van der Waals surface area (Å²) in [4.78, 5) is 10.8. The number of rotatable bonds is 5. The van der Waals surface area contributed by atoms with Gasteiger partial charge in [0.05, 0.1) is 5.39 Å². The lowest BCUT2D eigenvalue weighted by Gasteiger charge is -2.17. The van der Waals surface area contributed by atoms with E-state index in [2.05, 4.69) is 41.5 Å². The molecule has 0 fully saturated rings. The summed E-state index contributed by atoms with van der Waals surface area (Å²) in [5.74, 6) is 2.26. The van der Waals surface area contributed by atoms with Gasteiger partial charge in [0.25, 0.3) is 0 Å². The van der Waals surface area contributed by atoms with E-state index in [1.54, 1.807) is 11.3 Å². The molecule has 1 unspecified atom stereocenters. The molecule has 0 radical (unpaired) electrons. The van der Waals surface area contributed by atoms with Crippen LogP contribution in [0, 0.1) is 6.92 Å². The topological polar surface area (TPSA) is 63.8 Å². The second kappa shape index (κ2) is 5.75. The number of nitrogens with one attached hydrogen (secondary N) is 1. The predicted molar refractivity (Wildman–Crippen MR) is 82.6 cm³/mol. The van der Waals surface area contributed by atoms with Gasteiger partial charge in [0, 0.05) is 16.7 Å². The van der Waals surface area contributed by atoms with E-state index in [0.29, 0.717) is 12.0 Å². The number of aryl methyl sites for hydroxylation is 1. The molecule has 0 aromatic carbocycles. The van der Waals surface area contributed by atoms with Gasteiger partial charge in [-0.1, -0.05) is 6.92 Å². The number of hydrogen-bond donors (Lipinski definition) is 2. The Bertz CT molecular complexity index is 538. The number of fused-ring (bicyclic) bond motifs is 1. The van der Waals surface area contributed by atoms with E-state index in [0.717, 1.165) is 28.2 Å². The van der Waals surface area contributed by atoms with E-state index < -0.39 is 0 Å². The van der Waals surface area contributed by atoms with Crippen molar-refractivity contribution in [3.05, 3.63) is 10.9 Å². The van der Waals surface area contributed by atoms with Crippen LogP contribution >= 0.6 is 23.1 Å². The number of nitrogen functional groups attached to an aromatic ring is 1. The molecule has 0 saturated carbocycles. The monoisotopic (exact) mass is 282 g/mol. The zero-order valence-electron chi connectivity index (χ0n) is 10.9. The molecule has 4 nitrogen and oxygen atoms in total. The number of aromatic nitrogens is 2. The fourth-order valence-corrected chi connectivity index (χ4v) is 3.43. The first-order chi connectivity index (χ1) is 8.63. The maximum Gasteiger partial charge on any atom is 0.223 e. The van der Waals surface area contributed by atoms with Gasteiger partial charge < -0.3 is 11.1 Å². The first kappa shape index (κ1) is 13.4. The van der Waals surface area contributed by atoms with Crippen molar-refractivity contribution in [3.8, 4) is 0 Å². The lowest BCUT2D eigenvalue weighted by atomic mass is 10.2. The Labute approximate surface area is 115 Å². The van der Waals surface area contributed by atoms with Crippen LogP contribution in [0.2, 0.25) is 0 Å². The number of thiophene rings is 1. The van der Waals surface area contributed by atoms with Crippen molar-refractivity contribution in [2.45, 2.75) is 26.3 Å². The predicted octanol–water partition coefficient (Wildman–Crippen LogP) is 3.14. The SMILES string of the molecule is CCC(CSC)Nc1nc(N)nc2sc(C)cc12. The summed E-state index contributed by atoms with van der Waals surface area (Å²) in [7, 11) is 0. The molecule has 0 aliphatic rings. The summed E-state index contributed by atoms with van der Waals surface area (Å²) in [5.41, 5.74) is 5.76. The summed E-state index contributed by atoms with van der Waals surface area (Å²) in [6.07, 6.45) is 3.18. The number of thioether (sulfide) groups is 1. The highest BCUT2D eigenvalue weighted by atomic mass is 32.2. The Morgan fingerprint density at radius 2 is 2.28 bits per heavy atom. The number of anilines is 2. The molecule has 1 atom stereocenters. The first-order valence-electron chi connectivity index (χ1n) is 5.93. The van der Waals surface area contributed by atoms with E-state index in [-0.39, 0.29) is 0 Å². The van der Waals surface area contributed by atoms with E-state index in [9.17, 15) is 0 Å². The molecule has 2 heterocycles. The quantitative estimate of drug-likeness (QED) is 0.882. The van der Waals surface area contributed by atoms with Gasteiger partial charge in [-0.05, 0) is 25.7 Å². The van der Waals surface area contributed by atoms with Gasteiger partial charge in [0.15, 0.2) is 0 Å². The Morgan fingerprint density at radius 3 is 2.94 bits per heavy atom. The Balaban J connectivity index is 2.36. The highest BCUT2D eigenvalue weighted by Gasteiger charge is 2.12.